The summed E-state index contributed by atoms with van der Waals surface area (Å²) >= 11 is 5.78. The average Bonchev–Trinajstić information content (AvgIpc) is 2.56. The fraction of sp³-hybridized carbons (Fsp3) is 0.176. The van der Waals surface area contributed by atoms with Crippen LogP contribution in [0.2, 0.25) is 5.02 Å². The zero-order valence-electron chi connectivity index (χ0n) is 14.1. The number of carbonyl (C=O) groups is 2. The third kappa shape index (κ3) is 5.55. The molecule has 9 heteroatoms. The molecule has 2 aromatic carbocycles. The molecule has 0 spiro atoms. The van der Waals surface area contributed by atoms with E-state index >= 15 is 0 Å². The molecule has 2 rings (SSSR count). The third-order valence-corrected chi connectivity index (χ3v) is 5.13. The molecule has 7 nitrogen and oxygen atoms in total. The number of rotatable bonds is 6. The molecule has 0 radical (unpaired) electrons. The van der Waals surface area contributed by atoms with Crippen LogP contribution in [0.3, 0.4) is 0 Å². The van der Waals surface area contributed by atoms with Crippen LogP contribution < -0.4 is 15.4 Å². The van der Waals surface area contributed by atoms with E-state index in [0.29, 0.717) is 16.4 Å². The van der Waals surface area contributed by atoms with Crippen LogP contribution in [0.25, 0.3) is 0 Å². The van der Waals surface area contributed by atoms with Gasteiger partial charge in [0.05, 0.1) is 10.9 Å². The van der Waals surface area contributed by atoms with E-state index in [1.54, 1.807) is 24.3 Å². The van der Waals surface area contributed by atoms with Gasteiger partial charge in [-0.05, 0) is 55.5 Å². The maximum Gasteiger partial charge on any atom is 0.242 e. The monoisotopic (exact) mass is 395 g/mol. The zero-order valence-corrected chi connectivity index (χ0v) is 15.7. The van der Waals surface area contributed by atoms with Gasteiger partial charge in [-0.15, -0.1) is 0 Å². The van der Waals surface area contributed by atoms with Crippen LogP contribution in [0, 0.1) is 0 Å². The number of carbonyl (C=O) groups excluding carboxylic acids is 2. The van der Waals surface area contributed by atoms with Crippen molar-refractivity contribution in [3.63, 3.8) is 0 Å². The zero-order chi connectivity index (χ0) is 19.3. The highest BCUT2D eigenvalue weighted by Crippen LogP contribution is 2.16. The second kappa shape index (κ2) is 8.31. The van der Waals surface area contributed by atoms with E-state index in [9.17, 15) is 18.0 Å². The van der Waals surface area contributed by atoms with E-state index in [-0.39, 0.29) is 10.8 Å². The molecule has 0 aliphatic heterocycles. The van der Waals surface area contributed by atoms with Crippen LogP contribution in [0.5, 0.6) is 0 Å². The first-order chi connectivity index (χ1) is 12.2. The van der Waals surface area contributed by atoms with Crippen molar-refractivity contribution in [2.75, 3.05) is 10.6 Å². The number of nitrogens with one attached hydrogen (secondary N) is 3. The van der Waals surface area contributed by atoms with Crippen molar-refractivity contribution in [3.8, 4) is 0 Å². The summed E-state index contributed by atoms with van der Waals surface area (Å²) in [5.74, 6) is -0.767. The predicted molar refractivity (Wildman–Crippen MR) is 101 cm³/mol. The molecular formula is C17H18ClN3O4S. The molecule has 0 heterocycles. The normalized spacial score (nSPS) is 12.3. The minimum absolute atomic E-state index is 0.0160. The minimum atomic E-state index is -3.89. The summed E-state index contributed by atoms with van der Waals surface area (Å²) in [6.07, 6.45) is 0. The first kappa shape index (κ1) is 19.9. The number of anilines is 2. The first-order valence-electron chi connectivity index (χ1n) is 7.64. The first-order valence-corrected chi connectivity index (χ1v) is 9.50. The third-order valence-electron chi connectivity index (χ3n) is 3.32. The predicted octanol–water partition coefficient (Wildman–Crippen LogP) is 2.60. The topological polar surface area (TPSA) is 104 Å². The second-order valence-electron chi connectivity index (χ2n) is 5.54. The van der Waals surface area contributed by atoms with Gasteiger partial charge < -0.3 is 10.6 Å². The maximum absolute atomic E-state index is 12.4. The fourth-order valence-corrected chi connectivity index (χ4v) is 3.39. The molecule has 0 aliphatic rings. The highest BCUT2D eigenvalue weighted by atomic mass is 35.5. The van der Waals surface area contributed by atoms with Crippen molar-refractivity contribution in [2.24, 2.45) is 0 Å². The van der Waals surface area contributed by atoms with Gasteiger partial charge in [-0.1, -0.05) is 11.6 Å². The lowest BCUT2D eigenvalue weighted by molar-refractivity contribution is -0.117. The molecule has 1 atom stereocenters. The standard InChI is InChI=1S/C17H18ClN3O4S/c1-11(17(23)20-15-5-3-13(18)4-6-15)21-26(24,25)16-9-7-14(8-10-16)19-12(2)22/h3-11,21H,1-2H3,(H,19,22)(H,20,23)/t11-/m0/s1. The van der Waals surface area contributed by atoms with Crippen LogP contribution in [-0.4, -0.2) is 26.3 Å². The number of halogens is 1. The molecule has 0 saturated carbocycles. The number of benzene rings is 2. The molecule has 0 aliphatic carbocycles. The molecule has 2 amide bonds. The van der Waals surface area contributed by atoms with Crippen LogP contribution in [-0.2, 0) is 19.6 Å². The van der Waals surface area contributed by atoms with E-state index in [1.165, 1.54) is 38.1 Å². The van der Waals surface area contributed by atoms with Gasteiger partial charge >= 0.3 is 0 Å². The summed E-state index contributed by atoms with van der Waals surface area (Å²) in [6, 6.07) is 11.1. The van der Waals surface area contributed by atoms with Crippen LogP contribution >= 0.6 is 11.6 Å². The lowest BCUT2D eigenvalue weighted by Crippen LogP contribution is -2.41. The Morgan fingerprint density at radius 3 is 1.96 bits per heavy atom. The Kier molecular flexibility index (Phi) is 6.36. The van der Waals surface area contributed by atoms with Crippen molar-refractivity contribution < 1.29 is 18.0 Å². The van der Waals surface area contributed by atoms with Crippen LogP contribution in [0.15, 0.2) is 53.4 Å². The Labute approximate surface area is 156 Å². The molecule has 138 valence electrons. The Hall–Kier alpha value is -2.42. The van der Waals surface area contributed by atoms with Crippen LogP contribution in [0.1, 0.15) is 13.8 Å². The summed E-state index contributed by atoms with van der Waals surface area (Å²) in [5.41, 5.74) is 0.982. The SMILES string of the molecule is CC(=O)Nc1ccc(S(=O)(=O)N[C@@H](C)C(=O)Nc2ccc(Cl)cc2)cc1. The molecule has 0 fully saturated rings. The van der Waals surface area contributed by atoms with Gasteiger partial charge in [0.15, 0.2) is 0 Å². The summed E-state index contributed by atoms with van der Waals surface area (Å²) in [6.45, 7) is 2.79. The molecule has 0 bridgehead atoms. The Morgan fingerprint density at radius 1 is 0.923 bits per heavy atom. The van der Waals surface area contributed by atoms with Gasteiger partial charge in [0.25, 0.3) is 0 Å². The highest BCUT2D eigenvalue weighted by molar-refractivity contribution is 7.89. The molecule has 3 N–H and O–H groups in total. The smallest absolute Gasteiger partial charge is 0.242 e. The van der Waals surface area contributed by atoms with Gasteiger partial charge in [-0.3, -0.25) is 9.59 Å². The van der Waals surface area contributed by atoms with Crippen molar-refractivity contribution in [1.29, 1.82) is 0 Å². The van der Waals surface area contributed by atoms with E-state index in [0.717, 1.165) is 0 Å². The second-order valence-corrected chi connectivity index (χ2v) is 7.70. The largest absolute Gasteiger partial charge is 0.326 e. The lowest BCUT2D eigenvalue weighted by atomic mass is 10.3. The summed E-state index contributed by atoms with van der Waals surface area (Å²) < 4.78 is 27.1. The number of amides is 2. The van der Waals surface area contributed by atoms with Gasteiger partial charge in [-0.2, -0.15) is 4.72 Å². The average molecular weight is 396 g/mol. The number of hydrogen-bond acceptors (Lipinski definition) is 4. The molecule has 26 heavy (non-hydrogen) atoms. The molecule has 0 saturated heterocycles. The van der Waals surface area contributed by atoms with E-state index in [2.05, 4.69) is 15.4 Å². The number of sulfonamides is 1. The van der Waals surface area contributed by atoms with Crippen molar-refractivity contribution in [1.82, 2.24) is 4.72 Å². The number of hydrogen-bond donors (Lipinski definition) is 3. The lowest BCUT2D eigenvalue weighted by Gasteiger charge is -2.15. The van der Waals surface area contributed by atoms with Gasteiger partial charge in [0.2, 0.25) is 21.8 Å². The summed E-state index contributed by atoms with van der Waals surface area (Å²) in [5, 5.41) is 5.67. The molecule has 0 aromatic heterocycles. The van der Waals surface area contributed by atoms with Crippen molar-refractivity contribution >= 4 is 44.8 Å². The Morgan fingerprint density at radius 2 is 1.42 bits per heavy atom. The van der Waals surface area contributed by atoms with E-state index in [1.807, 2.05) is 0 Å². The van der Waals surface area contributed by atoms with Gasteiger partial charge in [0, 0.05) is 23.3 Å². The quantitative estimate of drug-likeness (QED) is 0.699. The Bertz CT molecular complexity index is 897. The van der Waals surface area contributed by atoms with Crippen molar-refractivity contribution in [3.05, 3.63) is 53.6 Å². The Balaban J connectivity index is 2.03. The molecule has 2 aromatic rings. The maximum atomic E-state index is 12.4. The van der Waals surface area contributed by atoms with Crippen molar-refractivity contribution in [2.45, 2.75) is 24.8 Å². The van der Waals surface area contributed by atoms with Gasteiger partial charge in [0.1, 0.15) is 0 Å². The summed E-state index contributed by atoms with van der Waals surface area (Å²) in [4.78, 5) is 23.1. The fourth-order valence-electron chi connectivity index (χ4n) is 2.06. The van der Waals surface area contributed by atoms with Crippen LogP contribution in [0.4, 0.5) is 11.4 Å². The van der Waals surface area contributed by atoms with E-state index < -0.39 is 22.0 Å². The molecule has 0 unspecified atom stereocenters. The molecular weight excluding hydrogens is 378 g/mol. The summed E-state index contributed by atoms with van der Waals surface area (Å²) in [7, 11) is -3.89. The van der Waals surface area contributed by atoms with E-state index in [4.69, 9.17) is 11.6 Å². The minimum Gasteiger partial charge on any atom is -0.326 e. The van der Waals surface area contributed by atoms with Gasteiger partial charge in [-0.25, -0.2) is 8.42 Å². The highest BCUT2D eigenvalue weighted by Gasteiger charge is 2.22.